The summed E-state index contributed by atoms with van der Waals surface area (Å²) in [6.45, 7) is 8.58. The molecule has 3 rings (SSSR count). The van der Waals surface area contributed by atoms with Crippen molar-refractivity contribution in [3.8, 4) is 0 Å². The lowest BCUT2D eigenvalue weighted by Crippen LogP contribution is -2.21. The van der Waals surface area contributed by atoms with Crippen LogP contribution < -0.4 is 0 Å². The molecule has 2 aromatic rings. The van der Waals surface area contributed by atoms with Gasteiger partial charge in [-0.3, -0.25) is 0 Å². The van der Waals surface area contributed by atoms with E-state index in [1.54, 1.807) is 11.8 Å². The number of benzene rings is 1. The zero-order valence-electron chi connectivity index (χ0n) is 12.9. The number of rotatable bonds is 3. The molecule has 0 spiro atoms. The molecule has 4 nitrogen and oxygen atoms in total. The summed E-state index contributed by atoms with van der Waals surface area (Å²) < 4.78 is 1.84. The summed E-state index contributed by atoms with van der Waals surface area (Å²) in [6, 6.07) is 8.78. The third-order valence-corrected chi connectivity index (χ3v) is 4.58. The molecule has 0 amide bonds. The van der Waals surface area contributed by atoms with Crippen LogP contribution in [0.3, 0.4) is 0 Å². The van der Waals surface area contributed by atoms with Gasteiger partial charge in [-0.1, -0.05) is 49.9 Å². The van der Waals surface area contributed by atoms with Crippen LogP contribution in [0, 0.1) is 12.8 Å². The van der Waals surface area contributed by atoms with Gasteiger partial charge in [0.1, 0.15) is 0 Å². The van der Waals surface area contributed by atoms with Gasteiger partial charge in [0.15, 0.2) is 5.82 Å². The van der Waals surface area contributed by atoms with Crippen LogP contribution in [0.25, 0.3) is 0 Å². The summed E-state index contributed by atoms with van der Waals surface area (Å²) in [4.78, 5) is 0. The number of fused-ring (bicyclic) bond motifs is 1. The maximum atomic E-state index is 4.73. The molecule has 1 aliphatic heterocycles. The molecule has 0 saturated heterocycles. The van der Waals surface area contributed by atoms with Crippen molar-refractivity contribution in [3.05, 3.63) is 41.2 Å². The van der Waals surface area contributed by atoms with Gasteiger partial charge in [-0.15, -0.1) is 10.2 Å². The van der Waals surface area contributed by atoms with Gasteiger partial charge in [-0.05, 0) is 37.3 Å². The number of aromatic nitrogens is 3. The molecule has 1 atom stereocenters. The minimum atomic E-state index is 0.289. The van der Waals surface area contributed by atoms with E-state index in [0.717, 1.165) is 23.1 Å². The van der Waals surface area contributed by atoms with Crippen molar-refractivity contribution in [2.75, 3.05) is 0 Å². The van der Waals surface area contributed by atoms with Gasteiger partial charge in [-0.2, -0.15) is 9.78 Å². The highest BCUT2D eigenvalue weighted by molar-refractivity contribution is 8.00. The van der Waals surface area contributed by atoms with Crippen LogP contribution in [0.2, 0.25) is 0 Å². The molecule has 110 valence electrons. The Morgan fingerprint density at radius 1 is 1.19 bits per heavy atom. The molecular weight excluding hydrogens is 280 g/mol. The SMILES string of the molecule is Cc1nnc2n1N=C(c1ccc(CC(C)C)cc1)C(C)S2. The van der Waals surface area contributed by atoms with E-state index in [0.29, 0.717) is 5.92 Å². The highest BCUT2D eigenvalue weighted by Gasteiger charge is 2.24. The third kappa shape index (κ3) is 2.88. The average Bonchev–Trinajstić information content (AvgIpc) is 2.79. The van der Waals surface area contributed by atoms with Crippen LogP contribution in [0.5, 0.6) is 0 Å². The lowest BCUT2D eigenvalue weighted by Gasteiger charge is -2.19. The first kappa shape index (κ1) is 14.3. The van der Waals surface area contributed by atoms with Crippen LogP contribution in [0.15, 0.2) is 34.5 Å². The fourth-order valence-electron chi connectivity index (χ4n) is 2.51. The highest BCUT2D eigenvalue weighted by Crippen LogP contribution is 2.29. The molecule has 1 aliphatic rings. The summed E-state index contributed by atoms with van der Waals surface area (Å²) in [5.41, 5.74) is 3.65. The normalized spacial score (nSPS) is 17.8. The van der Waals surface area contributed by atoms with Gasteiger partial charge < -0.3 is 0 Å². The maximum absolute atomic E-state index is 4.73. The highest BCUT2D eigenvalue weighted by atomic mass is 32.2. The number of aryl methyl sites for hydroxylation is 1. The Kier molecular flexibility index (Phi) is 3.85. The second-order valence-corrected chi connectivity index (χ2v) is 7.19. The maximum Gasteiger partial charge on any atom is 0.212 e. The van der Waals surface area contributed by atoms with E-state index in [2.05, 4.69) is 55.2 Å². The molecule has 0 fully saturated rings. The van der Waals surface area contributed by atoms with Gasteiger partial charge in [0.2, 0.25) is 5.16 Å². The molecule has 0 radical (unpaired) electrons. The molecule has 0 bridgehead atoms. The number of thioether (sulfide) groups is 1. The summed E-state index contributed by atoms with van der Waals surface area (Å²) in [6.07, 6.45) is 1.12. The van der Waals surface area contributed by atoms with E-state index >= 15 is 0 Å². The molecular formula is C16H20N4S. The molecule has 2 heterocycles. The summed E-state index contributed by atoms with van der Waals surface area (Å²) in [7, 11) is 0. The molecule has 0 saturated carbocycles. The van der Waals surface area contributed by atoms with Crippen LogP contribution in [-0.4, -0.2) is 25.8 Å². The topological polar surface area (TPSA) is 43.1 Å². The van der Waals surface area contributed by atoms with Crippen LogP contribution in [0.4, 0.5) is 0 Å². The minimum Gasteiger partial charge on any atom is -0.191 e. The van der Waals surface area contributed by atoms with E-state index < -0.39 is 0 Å². The number of hydrogen-bond acceptors (Lipinski definition) is 4. The molecule has 0 N–H and O–H groups in total. The standard InChI is InChI=1S/C16H20N4S/c1-10(2)9-13-5-7-14(8-6-13)15-11(3)21-16-18-17-12(4)20(16)19-15/h5-8,10-11H,9H2,1-4H3. The Balaban J connectivity index is 1.92. The first-order chi connectivity index (χ1) is 10.0. The van der Waals surface area contributed by atoms with Gasteiger partial charge in [-0.25, -0.2) is 0 Å². The lowest BCUT2D eigenvalue weighted by molar-refractivity contribution is 0.647. The van der Waals surface area contributed by atoms with Crippen molar-refractivity contribution < 1.29 is 0 Å². The van der Waals surface area contributed by atoms with E-state index in [1.807, 2.05) is 11.6 Å². The third-order valence-electron chi connectivity index (χ3n) is 3.54. The van der Waals surface area contributed by atoms with Gasteiger partial charge in [0.25, 0.3) is 0 Å². The Hall–Kier alpha value is -1.62. The second-order valence-electron chi connectivity index (χ2n) is 5.88. The van der Waals surface area contributed by atoms with E-state index in [4.69, 9.17) is 5.10 Å². The Bertz CT molecular complexity index is 670. The smallest absolute Gasteiger partial charge is 0.191 e. The summed E-state index contributed by atoms with van der Waals surface area (Å²) in [5.74, 6) is 1.51. The van der Waals surface area contributed by atoms with E-state index in [-0.39, 0.29) is 5.25 Å². The molecule has 21 heavy (non-hydrogen) atoms. The summed E-state index contributed by atoms with van der Waals surface area (Å²) in [5, 5.41) is 14.1. The van der Waals surface area contributed by atoms with Gasteiger partial charge in [0, 0.05) is 0 Å². The molecule has 5 heteroatoms. The Morgan fingerprint density at radius 2 is 1.90 bits per heavy atom. The van der Waals surface area contributed by atoms with Gasteiger partial charge in [0.05, 0.1) is 11.0 Å². The lowest BCUT2D eigenvalue weighted by atomic mass is 10.00. The average molecular weight is 300 g/mol. The fraction of sp³-hybridized carbons (Fsp3) is 0.438. The quantitative estimate of drug-likeness (QED) is 0.871. The van der Waals surface area contributed by atoms with Crippen molar-refractivity contribution in [1.29, 1.82) is 0 Å². The van der Waals surface area contributed by atoms with Crippen LogP contribution >= 0.6 is 11.8 Å². The molecule has 1 aromatic heterocycles. The summed E-state index contributed by atoms with van der Waals surface area (Å²) >= 11 is 1.71. The zero-order chi connectivity index (χ0) is 15.0. The Labute approximate surface area is 129 Å². The second kappa shape index (κ2) is 5.64. The fourth-order valence-corrected chi connectivity index (χ4v) is 3.48. The van der Waals surface area contributed by atoms with Crippen molar-refractivity contribution >= 4 is 17.5 Å². The number of nitrogens with zero attached hydrogens (tertiary/aromatic N) is 4. The first-order valence-corrected chi connectivity index (χ1v) is 8.19. The van der Waals surface area contributed by atoms with E-state index in [9.17, 15) is 0 Å². The first-order valence-electron chi connectivity index (χ1n) is 7.31. The van der Waals surface area contributed by atoms with Crippen molar-refractivity contribution in [2.24, 2.45) is 11.0 Å². The van der Waals surface area contributed by atoms with E-state index in [1.165, 1.54) is 11.1 Å². The van der Waals surface area contributed by atoms with Crippen molar-refractivity contribution in [1.82, 2.24) is 14.9 Å². The van der Waals surface area contributed by atoms with Crippen LogP contribution in [-0.2, 0) is 6.42 Å². The largest absolute Gasteiger partial charge is 0.212 e. The molecule has 1 unspecified atom stereocenters. The van der Waals surface area contributed by atoms with Gasteiger partial charge >= 0.3 is 0 Å². The minimum absolute atomic E-state index is 0.289. The monoisotopic (exact) mass is 300 g/mol. The predicted molar refractivity (Wildman–Crippen MR) is 87.0 cm³/mol. The zero-order valence-corrected chi connectivity index (χ0v) is 13.7. The molecule has 1 aromatic carbocycles. The van der Waals surface area contributed by atoms with Crippen molar-refractivity contribution in [3.63, 3.8) is 0 Å². The van der Waals surface area contributed by atoms with Crippen molar-refractivity contribution in [2.45, 2.75) is 44.5 Å². The predicted octanol–water partition coefficient (Wildman–Crippen LogP) is 3.53. The molecule has 0 aliphatic carbocycles. The Morgan fingerprint density at radius 3 is 2.57 bits per heavy atom. The van der Waals surface area contributed by atoms with Crippen LogP contribution in [0.1, 0.15) is 37.7 Å². The number of hydrogen-bond donors (Lipinski definition) is 0.